The zero-order valence-electron chi connectivity index (χ0n) is 11.1. The summed E-state index contributed by atoms with van der Waals surface area (Å²) < 4.78 is 7.50. The van der Waals surface area contributed by atoms with Gasteiger partial charge in [0.25, 0.3) is 5.91 Å². The summed E-state index contributed by atoms with van der Waals surface area (Å²) in [6.07, 6.45) is 3.39. The highest BCUT2D eigenvalue weighted by molar-refractivity contribution is 14.1. The molecule has 3 aromatic rings. The number of aryl methyl sites for hydroxylation is 1. The summed E-state index contributed by atoms with van der Waals surface area (Å²) in [5, 5.41) is 10.6. The van der Waals surface area contributed by atoms with E-state index in [1.54, 1.807) is 30.2 Å². The minimum atomic E-state index is -0.229. The molecule has 0 aliphatic carbocycles. The van der Waals surface area contributed by atoms with Crippen LogP contribution < -0.4 is 5.32 Å². The van der Waals surface area contributed by atoms with Crippen LogP contribution in [0.15, 0.2) is 47.2 Å². The molecular weight excluding hydrogens is 383 g/mol. The Morgan fingerprint density at radius 3 is 2.62 bits per heavy atom. The van der Waals surface area contributed by atoms with Gasteiger partial charge in [-0.05, 0) is 46.9 Å². The van der Waals surface area contributed by atoms with Crippen molar-refractivity contribution in [2.45, 2.75) is 0 Å². The van der Waals surface area contributed by atoms with E-state index in [4.69, 9.17) is 4.52 Å². The van der Waals surface area contributed by atoms with Crippen molar-refractivity contribution in [3.8, 4) is 11.3 Å². The first-order chi connectivity index (χ1) is 10.1. The first-order valence-corrected chi connectivity index (χ1v) is 7.23. The molecule has 1 N–H and O–H groups in total. The Kier molecular flexibility index (Phi) is 3.74. The lowest BCUT2D eigenvalue weighted by Crippen LogP contribution is -2.14. The Labute approximate surface area is 134 Å². The van der Waals surface area contributed by atoms with E-state index in [0.717, 1.165) is 9.13 Å². The Morgan fingerprint density at radius 2 is 2.05 bits per heavy atom. The minimum Gasteiger partial charge on any atom is -0.356 e. The van der Waals surface area contributed by atoms with Gasteiger partial charge >= 0.3 is 0 Å². The molecule has 0 saturated heterocycles. The molecule has 2 aromatic heterocycles. The van der Waals surface area contributed by atoms with Gasteiger partial charge in [-0.2, -0.15) is 5.10 Å². The highest BCUT2D eigenvalue weighted by atomic mass is 127. The van der Waals surface area contributed by atoms with Crippen LogP contribution in [0.25, 0.3) is 11.3 Å². The van der Waals surface area contributed by atoms with Gasteiger partial charge in [0.1, 0.15) is 0 Å². The van der Waals surface area contributed by atoms with E-state index in [2.05, 4.69) is 38.2 Å². The monoisotopic (exact) mass is 394 g/mol. The summed E-state index contributed by atoms with van der Waals surface area (Å²) in [6.45, 7) is 0. The summed E-state index contributed by atoms with van der Waals surface area (Å²) in [4.78, 5) is 12.1. The number of carbonyl (C=O) groups is 1. The van der Waals surface area contributed by atoms with Crippen LogP contribution in [0, 0.1) is 3.57 Å². The second kappa shape index (κ2) is 5.68. The van der Waals surface area contributed by atoms with Crippen LogP contribution in [0.4, 0.5) is 5.69 Å². The normalized spacial score (nSPS) is 10.6. The van der Waals surface area contributed by atoms with Crippen molar-refractivity contribution < 1.29 is 9.32 Å². The van der Waals surface area contributed by atoms with Crippen LogP contribution in [0.3, 0.4) is 0 Å². The molecule has 0 saturated carbocycles. The molecule has 1 amide bonds. The molecule has 0 bridgehead atoms. The number of aromatic nitrogens is 3. The highest BCUT2D eigenvalue weighted by Gasteiger charge is 2.14. The first kappa shape index (κ1) is 13.8. The molecule has 0 aliphatic heterocycles. The number of halogens is 1. The molecule has 0 spiro atoms. The zero-order valence-corrected chi connectivity index (χ0v) is 13.2. The zero-order chi connectivity index (χ0) is 14.8. The van der Waals surface area contributed by atoms with Crippen molar-refractivity contribution in [3.05, 3.63) is 52.0 Å². The smallest absolute Gasteiger partial charge is 0.277 e. The third-order valence-electron chi connectivity index (χ3n) is 2.86. The fraction of sp³-hybridized carbons (Fsp3) is 0.0714. The van der Waals surface area contributed by atoms with Crippen molar-refractivity contribution in [3.63, 3.8) is 0 Å². The van der Waals surface area contributed by atoms with Gasteiger partial charge in [-0.15, -0.1) is 0 Å². The van der Waals surface area contributed by atoms with E-state index >= 15 is 0 Å². The number of amides is 1. The number of rotatable bonds is 3. The largest absolute Gasteiger partial charge is 0.356 e. The molecule has 1 aromatic carbocycles. The predicted octanol–water partition coefficient (Wildman–Crippen LogP) is 2.93. The Balaban J connectivity index is 1.76. The summed E-state index contributed by atoms with van der Waals surface area (Å²) >= 11 is 2.09. The maximum Gasteiger partial charge on any atom is 0.277 e. The predicted molar refractivity (Wildman–Crippen MR) is 85.8 cm³/mol. The quantitative estimate of drug-likeness (QED) is 0.694. The number of nitrogens with zero attached hydrogens (tertiary/aromatic N) is 3. The summed E-state index contributed by atoms with van der Waals surface area (Å²) in [5.74, 6) is 0.458. The Bertz CT molecular complexity index is 763. The van der Waals surface area contributed by atoms with Gasteiger partial charge in [-0.25, -0.2) is 0 Å². The molecule has 0 unspecified atom stereocenters. The van der Waals surface area contributed by atoms with Crippen LogP contribution in [-0.2, 0) is 7.05 Å². The molecule has 0 atom stereocenters. The number of hydrogen-bond acceptors (Lipinski definition) is 4. The molecule has 6 nitrogen and oxygen atoms in total. The maximum absolute atomic E-state index is 12.1. The molecule has 0 fully saturated rings. The molecule has 2 heterocycles. The van der Waals surface area contributed by atoms with E-state index in [-0.39, 0.29) is 5.91 Å². The summed E-state index contributed by atoms with van der Waals surface area (Å²) in [5.41, 5.74) is 2.01. The maximum atomic E-state index is 12.1. The van der Waals surface area contributed by atoms with Crippen LogP contribution >= 0.6 is 22.6 Å². The fourth-order valence-corrected chi connectivity index (χ4v) is 2.64. The average Bonchev–Trinajstić information content (AvgIpc) is 3.09. The third-order valence-corrected chi connectivity index (χ3v) is 3.65. The second-order valence-corrected chi connectivity index (χ2v) is 5.57. The molecule has 0 radical (unpaired) electrons. The van der Waals surface area contributed by atoms with Crippen molar-refractivity contribution in [1.82, 2.24) is 14.9 Å². The highest BCUT2D eigenvalue weighted by Crippen LogP contribution is 2.21. The van der Waals surface area contributed by atoms with Gasteiger partial charge < -0.3 is 9.84 Å². The number of carbonyl (C=O) groups excluding carboxylic acids is 1. The van der Waals surface area contributed by atoms with Gasteiger partial charge in [0.15, 0.2) is 11.5 Å². The minimum absolute atomic E-state index is 0.229. The van der Waals surface area contributed by atoms with Crippen molar-refractivity contribution >= 4 is 34.2 Å². The SMILES string of the molecule is Cn1cc(I)c(C(=O)Nc2ccc(-c3ccno3)cc2)n1. The summed E-state index contributed by atoms with van der Waals surface area (Å²) in [7, 11) is 1.78. The van der Waals surface area contributed by atoms with Crippen LogP contribution in [0.5, 0.6) is 0 Å². The number of anilines is 1. The lowest BCUT2D eigenvalue weighted by atomic mass is 10.1. The molecule has 0 aliphatic rings. The number of hydrogen-bond donors (Lipinski definition) is 1. The van der Waals surface area contributed by atoms with Crippen LogP contribution in [0.1, 0.15) is 10.5 Å². The van der Waals surface area contributed by atoms with E-state index in [0.29, 0.717) is 17.1 Å². The van der Waals surface area contributed by atoms with E-state index in [9.17, 15) is 4.79 Å². The van der Waals surface area contributed by atoms with Crippen molar-refractivity contribution in [1.29, 1.82) is 0 Å². The van der Waals surface area contributed by atoms with E-state index in [1.807, 2.05) is 24.3 Å². The molecular formula is C14H11IN4O2. The molecule has 106 valence electrons. The summed E-state index contributed by atoms with van der Waals surface area (Å²) in [6, 6.07) is 9.12. The lowest BCUT2D eigenvalue weighted by molar-refractivity contribution is 0.102. The number of benzene rings is 1. The average molecular weight is 394 g/mol. The molecule has 21 heavy (non-hydrogen) atoms. The van der Waals surface area contributed by atoms with Crippen molar-refractivity contribution in [2.24, 2.45) is 7.05 Å². The van der Waals surface area contributed by atoms with Crippen LogP contribution in [-0.4, -0.2) is 20.8 Å². The third kappa shape index (κ3) is 2.97. The Hall–Kier alpha value is -2.16. The molecule has 7 heteroatoms. The first-order valence-electron chi connectivity index (χ1n) is 6.15. The van der Waals surface area contributed by atoms with Crippen molar-refractivity contribution in [2.75, 3.05) is 5.32 Å². The second-order valence-electron chi connectivity index (χ2n) is 4.41. The van der Waals surface area contributed by atoms with E-state index < -0.39 is 0 Å². The van der Waals surface area contributed by atoms with Crippen LogP contribution in [0.2, 0.25) is 0 Å². The molecule has 3 rings (SSSR count). The lowest BCUT2D eigenvalue weighted by Gasteiger charge is -2.04. The van der Waals surface area contributed by atoms with Gasteiger partial charge in [-0.3, -0.25) is 9.48 Å². The fourth-order valence-electron chi connectivity index (χ4n) is 1.89. The topological polar surface area (TPSA) is 73.0 Å². The standard InChI is InChI=1S/C14H11IN4O2/c1-19-8-11(15)13(18-19)14(20)17-10-4-2-9(3-5-10)12-6-7-16-21-12/h2-8H,1H3,(H,17,20). The van der Waals surface area contributed by atoms with Gasteiger partial charge in [-0.1, -0.05) is 5.16 Å². The van der Waals surface area contributed by atoms with Gasteiger partial charge in [0, 0.05) is 30.6 Å². The van der Waals surface area contributed by atoms with E-state index in [1.165, 1.54) is 0 Å². The van der Waals surface area contributed by atoms with Gasteiger partial charge in [0.05, 0.1) is 9.77 Å². The van der Waals surface area contributed by atoms with Gasteiger partial charge in [0.2, 0.25) is 0 Å². The Morgan fingerprint density at radius 1 is 1.29 bits per heavy atom. The number of nitrogens with one attached hydrogen (secondary N) is 1.